The SMILES string of the molecule is CC(CC(=O)Nc1ccccc1)=NNC(=O)c1ccc([N+](=O)[O-])c(Cl)c1. The Morgan fingerprint density at radius 2 is 1.88 bits per heavy atom. The molecule has 2 amide bonds. The lowest BCUT2D eigenvalue weighted by molar-refractivity contribution is -0.384. The van der Waals surface area contributed by atoms with Crippen LogP contribution in [0.2, 0.25) is 5.02 Å². The number of anilines is 1. The smallest absolute Gasteiger partial charge is 0.287 e. The van der Waals surface area contributed by atoms with Crippen molar-refractivity contribution in [3.63, 3.8) is 0 Å². The van der Waals surface area contributed by atoms with E-state index in [0.717, 1.165) is 6.07 Å². The topological polar surface area (TPSA) is 114 Å². The lowest BCUT2D eigenvalue weighted by atomic mass is 10.2. The lowest BCUT2D eigenvalue weighted by Crippen LogP contribution is -2.21. The molecule has 0 radical (unpaired) electrons. The van der Waals surface area contributed by atoms with E-state index in [9.17, 15) is 19.7 Å². The number of amides is 2. The highest BCUT2D eigenvalue weighted by atomic mass is 35.5. The molecule has 2 N–H and O–H groups in total. The summed E-state index contributed by atoms with van der Waals surface area (Å²) in [7, 11) is 0. The van der Waals surface area contributed by atoms with E-state index < -0.39 is 10.8 Å². The van der Waals surface area contributed by atoms with Gasteiger partial charge in [-0.3, -0.25) is 19.7 Å². The number of halogens is 1. The fraction of sp³-hybridized carbons (Fsp3) is 0.118. The van der Waals surface area contributed by atoms with Gasteiger partial charge in [-0.15, -0.1) is 0 Å². The summed E-state index contributed by atoms with van der Waals surface area (Å²) in [5, 5.41) is 17.1. The van der Waals surface area contributed by atoms with E-state index in [-0.39, 0.29) is 28.6 Å². The molecule has 0 fully saturated rings. The maximum absolute atomic E-state index is 12.0. The van der Waals surface area contributed by atoms with Gasteiger partial charge in [-0.2, -0.15) is 5.10 Å². The summed E-state index contributed by atoms with van der Waals surface area (Å²) >= 11 is 5.77. The minimum atomic E-state index is -0.641. The Hall–Kier alpha value is -3.26. The number of carbonyl (C=O) groups excluding carboxylic acids is 2. The van der Waals surface area contributed by atoms with E-state index in [1.165, 1.54) is 12.1 Å². The fourth-order valence-corrected chi connectivity index (χ4v) is 2.26. The number of hydrazone groups is 1. The van der Waals surface area contributed by atoms with Crippen LogP contribution in [-0.2, 0) is 4.79 Å². The third-order valence-electron chi connectivity index (χ3n) is 3.23. The van der Waals surface area contributed by atoms with Gasteiger partial charge < -0.3 is 5.32 Å². The van der Waals surface area contributed by atoms with Gasteiger partial charge >= 0.3 is 0 Å². The van der Waals surface area contributed by atoms with Crippen LogP contribution in [0, 0.1) is 10.1 Å². The summed E-state index contributed by atoms with van der Waals surface area (Å²) in [5.41, 5.74) is 3.16. The van der Waals surface area contributed by atoms with Gasteiger partial charge in [0.1, 0.15) is 5.02 Å². The van der Waals surface area contributed by atoms with E-state index in [4.69, 9.17) is 11.6 Å². The predicted molar refractivity (Wildman–Crippen MR) is 98.4 cm³/mol. The molecular formula is C17H15ClN4O4. The first kappa shape index (κ1) is 19.1. The Kier molecular flexibility index (Phi) is 6.40. The third-order valence-corrected chi connectivity index (χ3v) is 3.53. The van der Waals surface area contributed by atoms with Gasteiger partial charge in [0.15, 0.2) is 0 Å². The largest absolute Gasteiger partial charge is 0.326 e. The molecule has 2 rings (SSSR count). The van der Waals surface area contributed by atoms with E-state index in [2.05, 4.69) is 15.8 Å². The molecule has 0 aromatic heterocycles. The maximum atomic E-state index is 12.0. The number of benzene rings is 2. The normalized spacial score (nSPS) is 10.9. The zero-order valence-electron chi connectivity index (χ0n) is 13.7. The molecule has 0 atom stereocenters. The van der Waals surface area contributed by atoms with Crippen LogP contribution >= 0.6 is 11.6 Å². The fourth-order valence-electron chi connectivity index (χ4n) is 2.01. The molecule has 26 heavy (non-hydrogen) atoms. The van der Waals surface area contributed by atoms with E-state index >= 15 is 0 Å². The molecule has 134 valence electrons. The van der Waals surface area contributed by atoms with Crippen LogP contribution in [0.25, 0.3) is 0 Å². The maximum Gasteiger partial charge on any atom is 0.287 e. The van der Waals surface area contributed by atoms with Crippen molar-refractivity contribution in [1.82, 2.24) is 5.43 Å². The van der Waals surface area contributed by atoms with Crippen molar-refractivity contribution in [2.75, 3.05) is 5.32 Å². The molecule has 0 bridgehead atoms. The molecule has 0 aliphatic carbocycles. The Bertz CT molecular complexity index is 868. The summed E-state index contributed by atoms with van der Waals surface area (Å²) in [6, 6.07) is 12.5. The number of rotatable bonds is 6. The van der Waals surface area contributed by atoms with Gasteiger partial charge in [-0.25, -0.2) is 5.43 Å². The summed E-state index contributed by atoms with van der Waals surface area (Å²) in [4.78, 5) is 34.0. The van der Waals surface area contributed by atoms with Crippen LogP contribution < -0.4 is 10.7 Å². The Morgan fingerprint density at radius 3 is 2.50 bits per heavy atom. The van der Waals surface area contributed by atoms with Gasteiger partial charge in [0.05, 0.1) is 11.3 Å². The highest BCUT2D eigenvalue weighted by Gasteiger charge is 2.15. The summed E-state index contributed by atoms with van der Waals surface area (Å²) in [6.45, 7) is 1.59. The van der Waals surface area contributed by atoms with Crippen molar-refractivity contribution in [1.29, 1.82) is 0 Å². The number of nitro benzene ring substituents is 1. The summed E-state index contributed by atoms with van der Waals surface area (Å²) in [6.07, 6.45) is -0.00378. The number of nitrogens with one attached hydrogen (secondary N) is 2. The first-order valence-electron chi connectivity index (χ1n) is 7.49. The van der Waals surface area contributed by atoms with Gasteiger partial charge in [0, 0.05) is 23.0 Å². The van der Waals surface area contributed by atoms with Crippen molar-refractivity contribution in [3.8, 4) is 0 Å². The van der Waals surface area contributed by atoms with Crippen molar-refractivity contribution in [2.45, 2.75) is 13.3 Å². The van der Waals surface area contributed by atoms with Gasteiger partial charge in [0.2, 0.25) is 5.91 Å². The van der Waals surface area contributed by atoms with E-state index in [1.54, 1.807) is 31.2 Å². The molecule has 0 heterocycles. The zero-order valence-corrected chi connectivity index (χ0v) is 14.5. The first-order chi connectivity index (χ1) is 12.4. The van der Waals surface area contributed by atoms with E-state index in [1.807, 2.05) is 6.07 Å². The van der Waals surface area contributed by atoms with Crippen molar-refractivity contribution in [3.05, 3.63) is 69.2 Å². The standard InChI is InChI=1S/C17H15ClN4O4/c1-11(9-16(23)19-13-5-3-2-4-6-13)20-21-17(24)12-7-8-15(22(25)26)14(18)10-12/h2-8,10H,9H2,1H3,(H,19,23)(H,21,24). The first-order valence-corrected chi connectivity index (χ1v) is 7.87. The third kappa shape index (κ3) is 5.38. The number of nitro groups is 1. The monoisotopic (exact) mass is 374 g/mol. The minimum Gasteiger partial charge on any atom is -0.326 e. The van der Waals surface area contributed by atoms with E-state index in [0.29, 0.717) is 11.4 Å². The summed E-state index contributed by atoms with van der Waals surface area (Å²) < 4.78 is 0. The van der Waals surface area contributed by atoms with Crippen LogP contribution in [0.15, 0.2) is 53.6 Å². The molecular weight excluding hydrogens is 360 g/mol. The highest BCUT2D eigenvalue weighted by Crippen LogP contribution is 2.24. The number of hydrogen-bond acceptors (Lipinski definition) is 5. The molecule has 2 aromatic rings. The number of carbonyl (C=O) groups is 2. The molecule has 0 saturated heterocycles. The zero-order chi connectivity index (χ0) is 19.1. The molecule has 0 spiro atoms. The van der Waals surface area contributed by atoms with Crippen LogP contribution in [0.3, 0.4) is 0 Å². The van der Waals surface area contributed by atoms with Crippen LogP contribution in [0.1, 0.15) is 23.7 Å². The Labute approximate surface area is 154 Å². The van der Waals surface area contributed by atoms with Crippen molar-refractivity contribution < 1.29 is 14.5 Å². The number of para-hydroxylation sites is 1. The molecule has 9 heteroatoms. The molecule has 0 aliphatic heterocycles. The predicted octanol–water partition coefficient (Wildman–Crippen LogP) is 3.38. The van der Waals surface area contributed by atoms with Gasteiger partial charge in [-0.05, 0) is 31.2 Å². The van der Waals surface area contributed by atoms with Gasteiger partial charge in [0.25, 0.3) is 11.6 Å². The number of hydrogen-bond donors (Lipinski definition) is 2. The average molecular weight is 375 g/mol. The second-order valence-corrected chi connectivity index (χ2v) is 5.71. The van der Waals surface area contributed by atoms with Crippen molar-refractivity contribution in [2.24, 2.45) is 5.10 Å². The second-order valence-electron chi connectivity index (χ2n) is 5.30. The van der Waals surface area contributed by atoms with Crippen LogP contribution in [0.4, 0.5) is 11.4 Å². The van der Waals surface area contributed by atoms with Crippen LogP contribution in [-0.4, -0.2) is 22.4 Å². The highest BCUT2D eigenvalue weighted by molar-refractivity contribution is 6.33. The lowest BCUT2D eigenvalue weighted by Gasteiger charge is -2.05. The minimum absolute atomic E-state index is 0.00378. The van der Waals surface area contributed by atoms with Gasteiger partial charge in [-0.1, -0.05) is 29.8 Å². The molecule has 8 nitrogen and oxygen atoms in total. The summed E-state index contributed by atoms with van der Waals surface area (Å²) in [5.74, 6) is -0.866. The average Bonchev–Trinajstić information content (AvgIpc) is 2.60. The second kappa shape index (κ2) is 8.72. The number of nitrogens with zero attached hydrogens (tertiary/aromatic N) is 2. The molecule has 0 saturated carbocycles. The molecule has 0 aliphatic rings. The van der Waals surface area contributed by atoms with Crippen molar-refractivity contribution >= 4 is 40.5 Å². The molecule has 0 unspecified atom stereocenters. The Morgan fingerprint density at radius 1 is 1.19 bits per heavy atom. The Balaban J connectivity index is 1.93. The van der Waals surface area contributed by atoms with Crippen LogP contribution in [0.5, 0.6) is 0 Å². The quantitative estimate of drug-likeness (QED) is 0.458. The molecule has 2 aromatic carbocycles.